The van der Waals surface area contributed by atoms with Crippen LogP contribution in [-0.2, 0) is 4.79 Å². The van der Waals surface area contributed by atoms with Gasteiger partial charge in [0.2, 0.25) is 0 Å². The lowest BCUT2D eigenvalue weighted by Gasteiger charge is -2.15. The van der Waals surface area contributed by atoms with E-state index in [-0.39, 0.29) is 11.7 Å². The number of rotatable bonds is 2. The first-order valence-corrected chi connectivity index (χ1v) is 4.90. The molecule has 0 aromatic heterocycles. The zero-order valence-electron chi connectivity index (χ0n) is 8.40. The van der Waals surface area contributed by atoms with E-state index in [0.29, 0.717) is 6.54 Å². The van der Waals surface area contributed by atoms with Crippen LogP contribution in [0, 0.1) is 5.92 Å². The van der Waals surface area contributed by atoms with Crippen molar-refractivity contribution in [3.05, 3.63) is 23.8 Å². The molecule has 4 nitrogen and oxygen atoms in total. The van der Waals surface area contributed by atoms with Crippen molar-refractivity contribution in [3.8, 4) is 5.75 Å². The molecule has 2 rings (SSSR count). The summed E-state index contributed by atoms with van der Waals surface area (Å²) >= 11 is 0. The fraction of sp³-hybridized carbons (Fsp3) is 0.364. The Labute approximate surface area is 87.6 Å². The second-order valence-corrected chi connectivity index (χ2v) is 3.85. The summed E-state index contributed by atoms with van der Waals surface area (Å²) in [5.74, 6) is -1.31. The number of hydrogen-bond donors (Lipinski definition) is 3. The third-order valence-corrected chi connectivity index (χ3v) is 2.96. The molecule has 0 aliphatic carbocycles. The number of carboxylic acid groups (broad SMARTS) is 1. The Morgan fingerprint density at radius 1 is 1.60 bits per heavy atom. The summed E-state index contributed by atoms with van der Waals surface area (Å²) in [4.78, 5) is 10.9. The van der Waals surface area contributed by atoms with Gasteiger partial charge in [0.05, 0.1) is 5.92 Å². The first kappa shape index (κ1) is 9.83. The predicted octanol–water partition coefficient (Wildman–Crippen LogP) is 1.62. The Kier molecular flexibility index (Phi) is 2.26. The SMILES string of the molecule is CC(C(=O)O)C1CNc2cccc(O)c21. The topological polar surface area (TPSA) is 69.6 Å². The van der Waals surface area contributed by atoms with Crippen molar-refractivity contribution in [3.63, 3.8) is 0 Å². The van der Waals surface area contributed by atoms with Gasteiger partial charge < -0.3 is 15.5 Å². The number of phenols is 1. The van der Waals surface area contributed by atoms with Gasteiger partial charge in [-0.3, -0.25) is 4.79 Å². The Bertz CT molecular complexity index is 403. The molecule has 4 heteroatoms. The predicted molar refractivity (Wildman–Crippen MR) is 56.1 cm³/mol. The maximum absolute atomic E-state index is 10.9. The Morgan fingerprint density at radius 3 is 3.00 bits per heavy atom. The molecular weight excluding hydrogens is 194 g/mol. The number of carboxylic acids is 1. The number of benzene rings is 1. The summed E-state index contributed by atoms with van der Waals surface area (Å²) in [6.45, 7) is 2.23. The van der Waals surface area contributed by atoms with E-state index in [9.17, 15) is 9.90 Å². The van der Waals surface area contributed by atoms with Gasteiger partial charge in [-0.25, -0.2) is 0 Å². The van der Waals surface area contributed by atoms with Gasteiger partial charge in [0.25, 0.3) is 0 Å². The molecule has 0 radical (unpaired) electrons. The van der Waals surface area contributed by atoms with Crippen LogP contribution >= 0.6 is 0 Å². The van der Waals surface area contributed by atoms with Crippen molar-refractivity contribution < 1.29 is 15.0 Å². The van der Waals surface area contributed by atoms with Crippen LogP contribution in [0.3, 0.4) is 0 Å². The maximum atomic E-state index is 10.9. The number of nitrogens with one attached hydrogen (secondary N) is 1. The van der Waals surface area contributed by atoms with Crippen LogP contribution in [0.2, 0.25) is 0 Å². The molecule has 0 amide bonds. The Morgan fingerprint density at radius 2 is 2.33 bits per heavy atom. The Balaban J connectivity index is 2.39. The summed E-state index contributed by atoms with van der Waals surface area (Å²) < 4.78 is 0. The van der Waals surface area contributed by atoms with Crippen molar-refractivity contribution in [1.82, 2.24) is 0 Å². The molecule has 3 N–H and O–H groups in total. The summed E-state index contributed by atoms with van der Waals surface area (Å²) in [7, 11) is 0. The van der Waals surface area contributed by atoms with Gasteiger partial charge in [-0.15, -0.1) is 0 Å². The zero-order valence-corrected chi connectivity index (χ0v) is 8.40. The van der Waals surface area contributed by atoms with Crippen molar-refractivity contribution in [2.24, 2.45) is 5.92 Å². The zero-order chi connectivity index (χ0) is 11.0. The maximum Gasteiger partial charge on any atom is 0.306 e. The number of anilines is 1. The van der Waals surface area contributed by atoms with E-state index in [2.05, 4.69) is 5.32 Å². The van der Waals surface area contributed by atoms with Gasteiger partial charge in [0, 0.05) is 23.7 Å². The van der Waals surface area contributed by atoms with E-state index < -0.39 is 11.9 Å². The number of hydrogen-bond acceptors (Lipinski definition) is 3. The monoisotopic (exact) mass is 207 g/mol. The fourth-order valence-corrected chi connectivity index (χ4v) is 2.02. The van der Waals surface area contributed by atoms with Gasteiger partial charge >= 0.3 is 5.97 Å². The highest BCUT2D eigenvalue weighted by Crippen LogP contribution is 2.41. The molecule has 0 spiro atoms. The smallest absolute Gasteiger partial charge is 0.306 e. The van der Waals surface area contributed by atoms with Crippen molar-refractivity contribution >= 4 is 11.7 Å². The van der Waals surface area contributed by atoms with Gasteiger partial charge in [0.15, 0.2) is 0 Å². The lowest BCUT2D eigenvalue weighted by Crippen LogP contribution is -2.20. The number of fused-ring (bicyclic) bond motifs is 1. The number of aliphatic carboxylic acids is 1. The van der Waals surface area contributed by atoms with Crippen LogP contribution in [0.15, 0.2) is 18.2 Å². The van der Waals surface area contributed by atoms with E-state index in [1.165, 1.54) is 0 Å². The molecule has 15 heavy (non-hydrogen) atoms. The standard InChI is InChI=1S/C11H13NO3/c1-6(11(14)15)7-5-12-8-3-2-4-9(13)10(7)8/h2-4,6-7,12-13H,5H2,1H3,(H,14,15). The summed E-state index contributed by atoms with van der Waals surface area (Å²) in [6.07, 6.45) is 0. The molecule has 0 saturated heterocycles. The van der Waals surface area contributed by atoms with Gasteiger partial charge in [-0.2, -0.15) is 0 Å². The normalized spacial score (nSPS) is 20.5. The van der Waals surface area contributed by atoms with E-state index in [4.69, 9.17) is 5.11 Å². The molecule has 1 aromatic carbocycles. The molecule has 1 heterocycles. The second kappa shape index (κ2) is 3.46. The molecule has 0 saturated carbocycles. The molecule has 1 aromatic rings. The highest BCUT2D eigenvalue weighted by molar-refractivity contribution is 5.74. The van der Waals surface area contributed by atoms with Gasteiger partial charge in [-0.1, -0.05) is 13.0 Å². The second-order valence-electron chi connectivity index (χ2n) is 3.85. The van der Waals surface area contributed by atoms with Crippen LogP contribution < -0.4 is 5.32 Å². The lowest BCUT2D eigenvalue weighted by molar-refractivity contribution is -0.141. The summed E-state index contributed by atoms with van der Waals surface area (Å²) in [5, 5.41) is 21.8. The molecule has 1 aliphatic rings. The molecule has 80 valence electrons. The minimum absolute atomic E-state index is 0.154. The minimum atomic E-state index is -0.835. The summed E-state index contributed by atoms with van der Waals surface area (Å²) in [5.41, 5.74) is 1.57. The molecule has 2 unspecified atom stereocenters. The van der Waals surface area contributed by atoms with Gasteiger partial charge in [0.1, 0.15) is 5.75 Å². The van der Waals surface area contributed by atoms with Crippen LogP contribution in [0.25, 0.3) is 0 Å². The lowest BCUT2D eigenvalue weighted by atomic mass is 9.88. The average molecular weight is 207 g/mol. The molecule has 0 fully saturated rings. The van der Waals surface area contributed by atoms with Gasteiger partial charge in [-0.05, 0) is 12.1 Å². The van der Waals surface area contributed by atoms with Crippen LogP contribution in [0.1, 0.15) is 18.4 Å². The number of phenolic OH excluding ortho intramolecular Hbond substituents is 1. The average Bonchev–Trinajstić information content (AvgIpc) is 2.61. The van der Waals surface area contributed by atoms with Crippen molar-refractivity contribution in [2.75, 3.05) is 11.9 Å². The van der Waals surface area contributed by atoms with Crippen molar-refractivity contribution in [2.45, 2.75) is 12.8 Å². The molecule has 2 atom stereocenters. The van der Waals surface area contributed by atoms with Crippen LogP contribution in [0.5, 0.6) is 5.75 Å². The quantitative estimate of drug-likeness (QED) is 0.689. The number of aromatic hydroxyl groups is 1. The van der Waals surface area contributed by atoms with Crippen LogP contribution in [0.4, 0.5) is 5.69 Å². The Hall–Kier alpha value is -1.71. The molecule has 0 bridgehead atoms. The number of carbonyl (C=O) groups is 1. The third-order valence-electron chi connectivity index (χ3n) is 2.96. The van der Waals surface area contributed by atoms with E-state index in [1.807, 2.05) is 6.07 Å². The van der Waals surface area contributed by atoms with E-state index in [0.717, 1.165) is 11.3 Å². The molecule has 1 aliphatic heterocycles. The summed E-state index contributed by atoms with van der Waals surface area (Å²) in [6, 6.07) is 5.19. The highest BCUT2D eigenvalue weighted by Gasteiger charge is 2.33. The molecular formula is C11H13NO3. The third kappa shape index (κ3) is 1.52. The largest absolute Gasteiger partial charge is 0.508 e. The van der Waals surface area contributed by atoms with Crippen LogP contribution in [-0.4, -0.2) is 22.7 Å². The minimum Gasteiger partial charge on any atom is -0.508 e. The first-order valence-electron chi connectivity index (χ1n) is 4.90. The van der Waals surface area contributed by atoms with Crippen molar-refractivity contribution in [1.29, 1.82) is 0 Å². The highest BCUT2D eigenvalue weighted by atomic mass is 16.4. The van der Waals surface area contributed by atoms with E-state index >= 15 is 0 Å². The first-order chi connectivity index (χ1) is 7.11. The fourth-order valence-electron chi connectivity index (χ4n) is 2.02. The van der Waals surface area contributed by atoms with E-state index in [1.54, 1.807) is 19.1 Å².